The van der Waals surface area contributed by atoms with E-state index in [2.05, 4.69) is 14.7 Å². The predicted octanol–water partition coefficient (Wildman–Crippen LogP) is 3.50. The highest BCUT2D eigenvalue weighted by atomic mass is 19.4. The van der Waals surface area contributed by atoms with Crippen LogP contribution in [0.4, 0.5) is 13.2 Å². The van der Waals surface area contributed by atoms with Crippen molar-refractivity contribution in [3.8, 4) is 0 Å². The van der Waals surface area contributed by atoms with E-state index in [9.17, 15) is 18.0 Å². The number of carbonyl (C=O) groups is 1. The molecule has 0 aromatic carbocycles. The molecule has 3 rings (SSSR count). The van der Waals surface area contributed by atoms with Crippen LogP contribution in [-0.4, -0.2) is 31.8 Å². The fraction of sp³-hybridized carbons (Fsp3) is 0.188. The van der Waals surface area contributed by atoms with Gasteiger partial charge in [0.25, 0.3) is 0 Å². The number of aromatic carboxylic acids is 1. The summed E-state index contributed by atoms with van der Waals surface area (Å²) in [5.74, 6) is -1.47. The van der Waals surface area contributed by atoms with Crippen molar-refractivity contribution in [2.24, 2.45) is 0 Å². The van der Waals surface area contributed by atoms with Crippen molar-refractivity contribution in [3.05, 3.63) is 59.5 Å². The first-order valence-electron chi connectivity index (χ1n) is 7.16. The quantitative estimate of drug-likeness (QED) is 0.916. The molecule has 1 N–H and O–H groups in total. The van der Waals surface area contributed by atoms with Gasteiger partial charge in [0.15, 0.2) is 11.3 Å². The third kappa shape index (κ3) is 3.54. The van der Waals surface area contributed by atoms with Crippen molar-refractivity contribution in [2.75, 3.05) is 0 Å². The molecule has 0 fully saturated rings. The number of imidazole rings is 1. The van der Waals surface area contributed by atoms with Crippen LogP contribution in [0.25, 0.3) is 11.2 Å². The second kappa shape index (κ2) is 6.08. The Morgan fingerprint density at radius 1 is 1.36 bits per heavy atom. The van der Waals surface area contributed by atoms with Gasteiger partial charge in [-0.3, -0.25) is 9.38 Å². The van der Waals surface area contributed by atoms with Gasteiger partial charge in [0.05, 0.1) is 17.6 Å². The van der Waals surface area contributed by atoms with E-state index in [1.807, 2.05) is 0 Å². The topological polar surface area (TPSA) is 76.7 Å². The van der Waals surface area contributed by atoms with E-state index in [-0.39, 0.29) is 11.5 Å². The molecular weight excluding hydrogens is 339 g/mol. The van der Waals surface area contributed by atoms with Crippen LogP contribution >= 0.6 is 0 Å². The van der Waals surface area contributed by atoms with Crippen molar-refractivity contribution in [1.29, 1.82) is 0 Å². The fourth-order valence-electron chi connectivity index (χ4n) is 2.44. The molecule has 25 heavy (non-hydrogen) atoms. The molecule has 2 aromatic heterocycles. The Balaban J connectivity index is 1.98. The van der Waals surface area contributed by atoms with Gasteiger partial charge in [-0.25, -0.2) is 9.78 Å². The Hall–Kier alpha value is -3.10. The summed E-state index contributed by atoms with van der Waals surface area (Å²) in [6.07, 6.45) is 4.08. The smallest absolute Gasteiger partial charge is 0.476 e. The van der Waals surface area contributed by atoms with E-state index in [1.165, 1.54) is 30.5 Å². The maximum Gasteiger partial charge on any atom is 0.573 e. The fourth-order valence-corrected chi connectivity index (χ4v) is 2.44. The number of aryl methyl sites for hydroxylation is 1. The van der Waals surface area contributed by atoms with Crippen molar-refractivity contribution in [3.63, 3.8) is 0 Å². The number of rotatable bonds is 3. The first-order chi connectivity index (χ1) is 11.7. The summed E-state index contributed by atoms with van der Waals surface area (Å²) in [5, 5.41) is 9.11. The van der Waals surface area contributed by atoms with E-state index >= 15 is 0 Å². The third-order valence-corrected chi connectivity index (χ3v) is 3.58. The Morgan fingerprint density at radius 3 is 2.80 bits per heavy atom. The molecule has 0 saturated carbocycles. The number of alkyl halides is 3. The SMILES string of the molecule is Cc1c(C(=O)O)nc2cnc(C3=CC=C(OC(F)(F)F)C=CC3)cn12. The molecule has 0 amide bonds. The van der Waals surface area contributed by atoms with Crippen molar-refractivity contribution >= 4 is 17.2 Å². The van der Waals surface area contributed by atoms with E-state index < -0.39 is 12.3 Å². The van der Waals surface area contributed by atoms with Crippen molar-refractivity contribution in [1.82, 2.24) is 14.4 Å². The summed E-state index contributed by atoms with van der Waals surface area (Å²) in [6.45, 7) is 1.61. The highest BCUT2D eigenvalue weighted by molar-refractivity contribution is 5.87. The average molecular weight is 351 g/mol. The zero-order chi connectivity index (χ0) is 18.2. The Bertz CT molecular complexity index is 939. The Labute approximate surface area is 139 Å². The number of carboxylic acids is 1. The maximum atomic E-state index is 12.3. The van der Waals surface area contributed by atoms with Crippen LogP contribution in [0.2, 0.25) is 0 Å². The monoisotopic (exact) mass is 351 g/mol. The molecule has 0 bridgehead atoms. The van der Waals surface area contributed by atoms with Crippen LogP contribution in [0.3, 0.4) is 0 Å². The first kappa shape index (κ1) is 16.7. The van der Waals surface area contributed by atoms with Crippen LogP contribution in [0.1, 0.15) is 28.3 Å². The lowest BCUT2D eigenvalue weighted by Crippen LogP contribution is -2.11. The molecule has 1 aliphatic carbocycles. The number of nitrogens with zero attached hydrogens (tertiary/aromatic N) is 3. The zero-order valence-corrected chi connectivity index (χ0v) is 12.9. The second-order valence-corrected chi connectivity index (χ2v) is 5.27. The van der Waals surface area contributed by atoms with Gasteiger partial charge in [0.2, 0.25) is 0 Å². The molecule has 0 aliphatic heterocycles. The molecule has 2 heterocycles. The van der Waals surface area contributed by atoms with Crippen LogP contribution in [0.5, 0.6) is 0 Å². The van der Waals surface area contributed by atoms with Gasteiger partial charge in [0.1, 0.15) is 5.76 Å². The molecule has 6 nitrogen and oxygen atoms in total. The molecular formula is C16H12F3N3O3. The van der Waals surface area contributed by atoms with Gasteiger partial charge in [-0.05, 0) is 31.1 Å². The molecule has 0 atom stereocenters. The Kier molecular flexibility index (Phi) is 4.07. The van der Waals surface area contributed by atoms with Crippen LogP contribution < -0.4 is 0 Å². The van der Waals surface area contributed by atoms with E-state index in [1.54, 1.807) is 17.5 Å². The standard InChI is InChI=1S/C16H12F3N3O3/c1-9-14(15(23)24)21-13-7-20-12(8-22(9)13)10-3-2-4-11(6-5-10)25-16(17,18)19/h2,4-8H,3H2,1H3,(H,23,24). The number of carboxylic acid groups (broad SMARTS) is 1. The van der Waals surface area contributed by atoms with Crippen LogP contribution in [-0.2, 0) is 4.74 Å². The van der Waals surface area contributed by atoms with Gasteiger partial charge in [-0.2, -0.15) is 0 Å². The van der Waals surface area contributed by atoms with E-state index in [0.29, 0.717) is 29.0 Å². The number of ether oxygens (including phenoxy) is 1. The average Bonchev–Trinajstić information content (AvgIpc) is 2.70. The summed E-state index contributed by atoms with van der Waals surface area (Å²) in [6, 6.07) is 0. The Morgan fingerprint density at radius 2 is 2.12 bits per heavy atom. The summed E-state index contributed by atoms with van der Waals surface area (Å²) in [4.78, 5) is 19.3. The minimum absolute atomic E-state index is 0.0746. The number of halogens is 3. The van der Waals surface area contributed by atoms with Gasteiger partial charge >= 0.3 is 12.3 Å². The molecule has 0 radical (unpaired) electrons. The molecule has 0 saturated heterocycles. The van der Waals surface area contributed by atoms with E-state index in [0.717, 1.165) is 0 Å². The number of aromatic nitrogens is 3. The highest BCUT2D eigenvalue weighted by Crippen LogP contribution is 2.26. The lowest BCUT2D eigenvalue weighted by atomic mass is 10.1. The molecule has 130 valence electrons. The maximum absolute atomic E-state index is 12.3. The van der Waals surface area contributed by atoms with E-state index in [4.69, 9.17) is 5.11 Å². The van der Waals surface area contributed by atoms with Crippen LogP contribution in [0, 0.1) is 6.92 Å². The molecule has 9 heteroatoms. The lowest BCUT2D eigenvalue weighted by molar-refractivity contribution is -0.303. The summed E-state index contributed by atoms with van der Waals surface area (Å²) in [7, 11) is 0. The lowest BCUT2D eigenvalue weighted by Gasteiger charge is -2.08. The minimum atomic E-state index is -4.76. The third-order valence-electron chi connectivity index (χ3n) is 3.58. The number of fused-ring (bicyclic) bond motifs is 1. The molecule has 0 unspecified atom stereocenters. The predicted molar refractivity (Wildman–Crippen MR) is 81.6 cm³/mol. The van der Waals surface area contributed by atoms with Gasteiger partial charge in [-0.15, -0.1) is 13.2 Å². The van der Waals surface area contributed by atoms with Gasteiger partial charge in [-0.1, -0.05) is 12.2 Å². The summed E-state index contributed by atoms with van der Waals surface area (Å²) in [5.41, 5.74) is 1.89. The molecule has 1 aliphatic rings. The molecule has 0 spiro atoms. The zero-order valence-electron chi connectivity index (χ0n) is 12.9. The normalized spacial score (nSPS) is 14.9. The number of hydrogen-bond acceptors (Lipinski definition) is 4. The van der Waals surface area contributed by atoms with Gasteiger partial charge in [0, 0.05) is 6.20 Å². The second-order valence-electron chi connectivity index (χ2n) is 5.27. The van der Waals surface area contributed by atoms with Crippen molar-refractivity contribution in [2.45, 2.75) is 19.7 Å². The highest BCUT2D eigenvalue weighted by Gasteiger charge is 2.31. The summed E-state index contributed by atoms with van der Waals surface area (Å²) < 4.78 is 42.3. The number of allylic oxidation sites excluding steroid dienone is 5. The summed E-state index contributed by atoms with van der Waals surface area (Å²) >= 11 is 0. The minimum Gasteiger partial charge on any atom is -0.476 e. The molecule has 2 aromatic rings. The first-order valence-corrected chi connectivity index (χ1v) is 7.16. The van der Waals surface area contributed by atoms with Crippen LogP contribution in [0.15, 0.2) is 42.5 Å². The van der Waals surface area contributed by atoms with Gasteiger partial charge < -0.3 is 9.84 Å². The largest absolute Gasteiger partial charge is 0.573 e. The van der Waals surface area contributed by atoms with Crippen molar-refractivity contribution < 1.29 is 27.8 Å². The number of hydrogen-bond donors (Lipinski definition) is 1.